The van der Waals surface area contributed by atoms with E-state index in [2.05, 4.69) is 20.9 Å². The molecule has 1 aliphatic rings. The van der Waals surface area contributed by atoms with Gasteiger partial charge in [0.05, 0.1) is 5.75 Å². The Balaban J connectivity index is 1.57. The number of hydrogen-bond acceptors (Lipinski definition) is 4. The predicted octanol–water partition coefficient (Wildman–Crippen LogP) is 5.23. The fourth-order valence-electron chi connectivity index (χ4n) is 4.43. The van der Waals surface area contributed by atoms with Crippen molar-refractivity contribution >= 4 is 42.6 Å². The maximum atomic E-state index is 13.7. The summed E-state index contributed by atoms with van der Waals surface area (Å²) in [6.07, 6.45) is 4.48. The van der Waals surface area contributed by atoms with Gasteiger partial charge in [-0.3, -0.25) is 9.78 Å². The van der Waals surface area contributed by atoms with E-state index in [9.17, 15) is 13.2 Å². The number of pyridine rings is 1. The van der Waals surface area contributed by atoms with Crippen LogP contribution in [0.4, 0.5) is 0 Å². The zero-order valence-corrected chi connectivity index (χ0v) is 21.8. The fourth-order valence-corrected chi connectivity index (χ4v) is 6.56. The molecule has 180 valence electrons. The molecule has 1 aliphatic heterocycles. The Morgan fingerprint density at radius 2 is 1.82 bits per heavy atom. The number of rotatable bonds is 8. The second-order valence-electron chi connectivity index (χ2n) is 8.78. The summed E-state index contributed by atoms with van der Waals surface area (Å²) in [6.45, 7) is 3.31. The first-order valence-electron chi connectivity index (χ1n) is 11.8. The number of aromatic nitrogens is 1. The molecular weight excluding hydrogens is 514 g/mol. The van der Waals surface area contributed by atoms with E-state index in [0.717, 1.165) is 27.2 Å². The van der Waals surface area contributed by atoms with Crippen LogP contribution in [0.5, 0.6) is 0 Å². The molecule has 0 aliphatic carbocycles. The minimum absolute atomic E-state index is 0.0580. The summed E-state index contributed by atoms with van der Waals surface area (Å²) in [5.74, 6) is 0.0635. The highest BCUT2D eigenvalue weighted by Gasteiger charge is 2.33. The Bertz CT molecular complexity index is 1260. The van der Waals surface area contributed by atoms with Gasteiger partial charge in [-0.15, -0.1) is 0 Å². The molecule has 1 saturated heterocycles. The van der Waals surface area contributed by atoms with Crippen molar-refractivity contribution in [1.29, 1.82) is 0 Å². The molecule has 0 N–H and O–H groups in total. The molecule has 1 aromatic heterocycles. The maximum Gasteiger partial charge on any atom is 0.273 e. The molecule has 2 heterocycles. The van der Waals surface area contributed by atoms with Gasteiger partial charge in [-0.2, -0.15) is 0 Å². The number of nitrogens with zero attached hydrogens (tertiary/aromatic N) is 3. The van der Waals surface area contributed by atoms with E-state index in [1.807, 2.05) is 66.4 Å². The van der Waals surface area contributed by atoms with Crippen LogP contribution in [-0.2, 0) is 16.6 Å². The highest BCUT2D eigenvalue weighted by atomic mass is 79.9. The van der Waals surface area contributed by atoms with Crippen molar-refractivity contribution in [3.63, 3.8) is 0 Å². The lowest BCUT2D eigenvalue weighted by Gasteiger charge is -2.38. The van der Waals surface area contributed by atoms with Crippen molar-refractivity contribution < 1.29 is 13.2 Å². The molecule has 0 spiro atoms. The molecule has 6 nitrogen and oxygen atoms in total. The summed E-state index contributed by atoms with van der Waals surface area (Å²) >= 11 is 3.52. The topological polar surface area (TPSA) is 70.6 Å². The zero-order valence-electron chi connectivity index (χ0n) is 19.4. The number of piperidine rings is 1. The predicted molar refractivity (Wildman–Crippen MR) is 139 cm³/mol. The number of fused-ring (bicyclic) bond motifs is 1. The van der Waals surface area contributed by atoms with Gasteiger partial charge in [0.1, 0.15) is 5.69 Å². The molecule has 0 unspecified atom stereocenters. The van der Waals surface area contributed by atoms with Crippen molar-refractivity contribution in [2.45, 2.75) is 45.2 Å². The minimum atomic E-state index is -3.24. The Hall–Kier alpha value is -2.29. The van der Waals surface area contributed by atoms with E-state index in [4.69, 9.17) is 0 Å². The van der Waals surface area contributed by atoms with Gasteiger partial charge in [-0.1, -0.05) is 65.7 Å². The van der Waals surface area contributed by atoms with Crippen LogP contribution in [0, 0.1) is 0 Å². The summed E-state index contributed by atoms with van der Waals surface area (Å²) in [7, 11) is -3.24. The molecule has 2 aromatic carbocycles. The van der Waals surface area contributed by atoms with Gasteiger partial charge < -0.3 is 4.90 Å². The molecule has 0 bridgehead atoms. The summed E-state index contributed by atoms with van der Waals surface area (Å²) in [5, 5.41) is 1.96. The number of unbranched alkanes of at least 4 members (excludes halogenated alkanes) is 1. The Kier molecular flexibility index (Phi) is 8.01. The third-order valence-corrected chi connectivity index (χ3v) is 8.82. The molecule has 0 atom stereocenters. The average molecular weight is 545 g/mol. The summed E-state index contributed by atoms with van der Waals surface area (Å²) in [5.41, 5.74) is 1.42. The molecule has 4 rings (SSSR count). The highest BCUT2D eigenvalue weighted by Crippen LogP contribution is 2.25. The number of hydrogen-bond donors (Lipinski definition) is 0. The van der Waals surface area contributed by atoms with Gasteiger partial charge in [0.2, 0.25) is 10.0 Å². The number of carbonyl (C=O) groups is 1. The molecule has 34 heavy (non-hydrogen) atoms. The first kappa shape index (κ1) is 24.8. The van der Waals surface area contributed by atoms with Crippen molar-refractivity contribution in [1.82, 2.24) is 14.2 Å². The van der Waals surface area contributed by atoms with Crippen molar-refractivity contribution in [2.75, 3.05) is 18.8 Å². The number of amides is 1. The molecule has 3 aromatic rings. The monoisotopic (exact) mass is 543 g/mol. The van der Waals surface area contributed by atoms with E-state index in [0.29, 0.717) is 44.6 Å². The van der Waals surface area contributed by atoms with Gasteiger partial charge in [-0.25, -0.2) is 12.7 Å². The first-order valence-corrected chi connectivity index (χ1v) is 14.2. The Morgan fingerprint density at radius 1 is 1.09 bits per heavy atom. The van der Waals surface area contributed by atoms with Gasteiger partial charge >= 0.3 is 0 Å². The quantitative estimate of drug-likeness (QED) is 0.389. The number of benzene rings is 2. The molecular formula is C26H30BrN3O3S. The summed E-state index contributed by atoms with van der Waals surface area (Å²) in [6, 6.07) is 17.6. The Labute approximate surface area is 210 Å². The van der Waals surface area contributed by atoms with Crippen LogP contribution in [0.2, 0.25) is 0 Å². The van der Waals surface area contributed by atoms with E-state index < -0.39 is 10.0 Å². The van der Waals surface area contributed by atoms with Crippen molar-refractivity contribution in [2.24, 2.45) is 0 Å². The molecule has 0 radical (unpaired) electrons. The first-order chi connectivity index (χ1) is 16.4. The zero-order chi connectivity index (χ0) is 24.1. The van der Waals surface area contributed by atoms with E-state index in [1.54, 1.807) is 10.5 Å². The van der Waals surface area contributed by atoms with Crippen LogP contribution in [-0.4, -0.2) is 53.4 Å². The third-order valence-electron chi connectivity index (χ3n) is 6.37. The van der Waals surface area contributed by atoms with Gasteiger partial charge in [-0.05, 0) is 48.4 Å². The number of sulfonamides is 1. The smallest absolute Gasteiger partial charge is 0.273 e. The van der Waals surface area contributed by atoms with E-state index in [-0.39, 0.29) is 17.7 Å². The fraction of sp³-hybridized carbons (Fsp3) is 0.385. The van der Waals surface area contributed by atoms with Crippen LogP contribution >= 0.6 is 15.9 Å². The van der Waals surface area contributed by atoms with E-state index in [1.165, 1.54) is 0 Å². The SMILES string of the molecule is CCCCS(=O)(=O)N1CCC(N(Cc2cccc(Br)c2)C(=O)c2cc3ccccc3cn2)CC1. The van der Waals surface area contributed by atoms with Crippen molar-refractivity contribution in [3.05, 3.63) is 76.5 Å². The standard InChI is InChI=1S/C26H30BrN3O3S/c1-2-3-15-34(32,33)29-13-11-24(12-14-29)30(19-20-7-6-10-23(27)16-20)26(31)25-17-21-8-4-5-9-22(21)18-28-25/h4-10,16-18,24H,2-3,11-15,19H2,1H3. The summed E-state index contributed by atoms with van der Waals surface area (Å²) < 4.78 is 27.9. The molecule has 1 fully saturated rings. The second kappa shape index (κ2) is 11.0. The second-order valence-corrected chi connectivity index (χ2v) is 11.8. The van der Waals surface area contributed by atoms with Gasteiger partial charge in [0.25, 0.3) is 5.91 Å². The Morgan fingerprint density at radius 3 is 2.53 bits per heavy atom. The lowest BCUT2D eigenvalue weighted by atomic mass is 10.0. The lowest BCUT2D eigenvalue weighted by Crippen LogP contribution is -2.49. The van der Waals surface area contributed by atoms with Crippen LogP contribution in [0.15, 0.2) is 65.3 Å². The van der Waals surface area contributed by atoms with Gasteiger partial charge in [0.15, 0.2) is 0 Å². The highest BCUT2D eigenvalue weighted by molar-refractivity contribution is 9.10. The van der Waals surface area contributed by atoms with E-state index >= 15 is 0 Å². The molecule has 8 heteroatoms. The number of halogens is 1. The third kappa shape index (κ3) is 5.85. The normalized spacial score (nSPS) is 15.5. The van der Waals surface area contributed by atoms with Crippen LogP contribution in [0.3, 0.4) is 0 Å². The summed E-state index contributed by atoms with van der Waals surface area (Å²) in [4.78, 5) is 20.0. The van der Waals surface area contributed by atoms with Crippen LogP contribution < -0.4 is 0 Å². The van der Waals surface area contributed by atoms with Gasteiger partial charge in [0, 0.05) is 41.7 Å². The van der Waals surface area contributed by atoms with Crippen LogP contribution in [0.25, 0.3) is 10.8 Å². The molecule has 1 amide bonds. The minimum Gasteiger partial charge on any atom is -0.330 e. The van der Waals surface area contributed by atoms with Crippen LogP contribution in [0.1, 0.15) is 48.7 Å². The lowest BCUT2D eigenvalue weighted by molar-refractivity contribution is 0.0590. The largest absolute Gasteiger partial charge is 0.330 e. The molecule has 0 saturated carbocycles. The maximum absolute atomic E-state index is 13.7. The van der Waals surface area contributed by atoms with Crippen molar-refractivity contribution in [3.8, 4) is 0 Å². The number of carbonyl (C=O) groups excluding carboxylic acids is 1. The average Bonchev–Trinajstić information content (AvgIpc) is 2.85.